The van der Waals surface area contributed by atoms with Gasteiger partial charge in [0.15, 0.2) is 0 Å². The predicted octanol–water partition coefficient (Wildman–Crippen LogP) is 3.97. The molecule has 0 aliphatic carbocycles. The summed E-state index contributed by atoms with van der Waals surface area (Å²) in [4.78, 5) is 24.0. The van der Waals surface area contributed by atoms with E-state index in [1.54, 1.807) is 45.2 Å². The molecule has 0 unspecified atom stereocenters. The second-order valence-electron chi connectivity index (χ2n) is 5.54. The van der Waals surface area contributed by atoms with E-state index in [2.05, 4.69) is 15.9 Å². The SMILES string of the molecule is COC(=O)c1cc(Br)cc2c1ccn2C(=O)OC(C)(C)C. The van der Waals surface area contributed by atoms with Gasteiger partial charge in [0.1, 0.15) is 5.60 Å². The van der Waals surface area contributed by atoms with E-state index < -0.39 is 17.7 Å². The summed E-state index contributed by atoms with van der Waals surface area (Å²) in [7, 11) is 1.32. The summed E-state index contributed by atoms with van der Waals surface area (Å²) >= 11 is 3.34. The zero-order valence-electron chi connectivity index (χ0n) is 12.3. The second kappa shape index (κ2) is 5.52. The van der Waals surface area contributed by atoms with Crippen LogP contribution in [-0.4, -0.2) is 29.3 Å². The second-order valence-corrected chi connectivity index (χ2v) is 6.46. The minimum absolute atomic E-state index is 0.393. The topological polar surface area (TPSA) is 57.5 Å². The Kier molecular flexibility index (Phi) is 4.09. The molecular formula is C15H16BrNO4. The molecule has 1 heterocycles. The van der Waals surface area contributed by atoms with Gasteiger partial charge in [-0.3, -0.25) is 4.57 Å². The summed E-state index contributed by atoms with van der Waals surface area (Å²) in [6.45, 7) is 5.39. The van der Waals surface area contributed by atoms with Crippen molar-refractivity contribution in [2.75, 3.05) is 7.11 Å². The van der Waals surface area contributed by atoms with Gasteiger partial charge in [-0.15, -0.1) is 0 Å². The molecule has 0 bridgehead atoms. The number of aromatic nitrogens is 1. The standard InChI is InChI=1S/C15H16BrNO4/c1-15(2,3)21-14(19)17-6-5-10-11(13(18)20-4)7-9(16)8-12(10)17/h5-8H,1-4H3. The average Bonchev–Trinajstić information content (AvgIpc) is 2.78. The highest BCUT2D eigenvalue weighted by Gasteiger charge is 2.21. The molecule has 0 saturated heterocycles. The summed E-state index contributed by atoms with van der Waals surface area (Å²) in [6.07, 6.45) is 1.09. The van der Waals surface area contributed by atoms with Crippen molar-refractivity contribution in [3.8, 4) is 0 Å². The summed E-state index contributed by atoms with van der Waals surface area (Å²) in [5.41, 5.74) is 0.383. The Balaban J connectivity index is 2.56. The lowest BCUT2D eigenvalue weighted by Gasteiger charge is -2.19. The Hall–Kier alpha value is -1.82. The Morgan fingerprint density at radius 3 is 2.48 bits per heavy atom. The monoisotopic (exact) mass is 353 g/mol. The van der Waals surface area contributed by atoms with Crippen LogP contribution in [0.5, 0.6) is 0 Å². The third kappa shape index (κ3) is 3.26. The third-order valence-electron chi connectivity index (χ3n) is 2.77. The van der Waals surface area contributed by atoms with Crippen molar-refractivity contribution in [2.45, 2.75) is 26.4 Å². The first-order valence-corrected chi connectivity index (χ1v) is 7.14. The molecule has 2 aromatic rings. The highest BCUT2D eigenvalue weighted by molar-refractivity contribution is 9.10. The summed E-state index contributed by atoms with van der Waals surface area (Å²) < 4.78 is 12.2. The van der Waals surface area contributed by atoms with Crippen LogP contribution >= 0.6 is 15.9 Å². The molecule has 5 nitrogen and oxygen atoms in total. The van der Waals surface area contributed by atoms with Gasteiger partial charge in [0.2, 0.25) is 0 Å². The molecule has 1 aromatic heterocycles. The van der Waals surface area contributed by atoms with Crippen molar-refractivity contribution in [3.63, 3.8) is 0 Å². The number of ether oxygens (including phenoxy) is 2. The number of nitrogens with zero attached hydrogens (tertiary/aromatic N) is 1. The maximum absolute atomic E-state index is 12.2. The molecule has 0 aliphatic heterocycles. The van der Waals surface area contributed by atoms with Crippen LogP contribution in [0.3, 0.4) is 0 Å². The smallest absolute Gasteiger partial charge is 0.418 e. The molecule has 2 rings (SSSR count). The van der Waals surface area contributed by atoms with Crippen molar-refractivity contribution in [2.24, 2.45) is 0 Å². The maximum Gasteiger partial charge on any atom is 0.418 e. The van der Waals surface area contributed by atoms with E-state index in [0.29, 0.717) is 20.9 Å². The van der Waals surface area contributed by atoms with Crippen molar-refractivity contribution in [1.29, 1.82) is 0 Å². The Morgan fingerprint density at radius 2 is 1.90 bits per heavy atom. The van der Waals surface area contributed by atoms with E-state index in [9.17, 15) is 9.59 Å². The Labute approximate surface area is 131 Å². The molecule has 0 spiro atoms. The molecule has 6 heteroatoms. The summed E-state index contributed by atoms with van der Waals surface area (Å²) in [5.74, 6) is -0.455. The molecule has 0 saturated carbocycles. The molecule has 112 valence electrons. The lowest BCUT2D eigenvalue weighted by Crippen LogP contribution is -2.26. The lowest BCUT2D eigenvalue weighted by atomic mass is 10.1. The van der Waals surface area contributed by atoms with Crippen LogP contribution in [0.4, 0.5) is 4.79 Å². The normalized spacial score (nSPS) is 11.5. The van der Waals surface area contributed by atoms with E-state index in [1.807, 2.05) is 0 Å². The van der Waals surface area contributed by atoms with Crippen LogP contribution in [0.2, 0.25) is 0 Å². The predicted molar refractivity (Wildman–Crippen MR) is 82.6 cm³/mol. The van der Waals surface area contributed by atoms with Gasteiger partial charge in [0.05, 0.1) is 18.2 Å². The van der Waals surface area contributed by atoms with Crippen molar-refractivity contribution in [1.82, 2.24) is 4.57 Å². The molecule has 0 atom stereocenters. The highest BCUT2D eigenvalue weighted by atomic mass is 79.9. The van der Waals surface area contributed by atoms with E-state index in [4.69, 9.17) is 9.47 Å². The molecule has 0 N–H and O–H groups in total. The van der Waals surface area contributed by atoms with Crippen LogP contribution in [0.1, 0.15) is 31.1 Å². The van der Waals surface area contributed by atoms with Gasteiger partial charge in [0.25, 0.3) is 0 Å². The fourth-order valence-corrected chi connectivity index (χ4v) is 2.40. The molecule has 0 fully saturated rings. The molecule has 1 aromatic carbocycles. The first-order valence-electron chi connectivity index (χ1n) is 6.35. The van der Waals surface area contributed by atoms with Crippen LogP contribution in [0.15, 0.2) is 28.9 Å². The van der Waals surface area contributed by atoms with Gasteiger partial charge in [-0.1, -0.05) is 15.9 Å². The number of esters is 1. The third-order valence-corrected chi connectivity index (χ3v) is 3.23. The lowest BCUT2D eigenvalue weighted by molar-refractivity contribution is 0.0542. The fraction of sp³-hybridized carbons (Fsp3) is 0.333. The first kappa shape index (κ1) is 15.6. The minimum atomic E-state index is -0.592. The quantitative estimate of drug-likeness (QED) is 0.727. The van der Waals surface area contributed by atoms with Crippen LogP contribution < -0.4 is 0 Å². The number of carbonyl (C=O) groups is 2. The van der Waals surface area contributed by atoms with Gasteiger partial charge in [-0.05, 0) is 39.0 Å². The number of halogens is 1. The largest absolute Gasteiger partial charge is 0.465 e. The number of benzene rings is 1. The highest BCUT2D eigenvalue weighted by Crippen LogP contribution is 2.27. The summed E-state index contributed by atoms with van der Waals surface area (Å²) in [6, 6.07) is 5.11. The number of methoxy groups -OCH3 is 1. The van der Waals surface area contributed by atoms with Gasteiger partial charge in [0, 0.05) is 16.1 Å². The molecule has 0 aliphatic rings. The maximum atomic E-state index is 12.2. The number of hydrogen-bond acceptors (Lipinski definition) is 4. The number of hydrogen-bond donors (Lipinski definition) is 0. The van der Waals surface area contributed by atoms with Crippen LogP contribution in [-0.2, 0) is 9.47 Å². The van der Waals surface area contributed by atoms with E-state index in [0.717, 1.165) is 0 Å². The molecule has 0 amide bonds. The molecular weight excluding hydrogens is 338 g/mol. The van der Waals surface area contributed by atoms with Gasteiger partial charge in [-0.25, -0.2) is 9.59 Å². The van der Waals surface area contributed by atoms with Crippen LogP contribution in [0, 0.1) is 0 Å². The van der Waals surface area contributed by atoms with Crippen molar-refractivity contribution < 1.29 is 19.1 Å². The zero-order valence-corrected chi connectivity index (χ0v) is 13.9. The molecule has 21 heavy (non-hydrogen) atoms. The van der Waals surface area contributed by atoms with Gasteiger partial charge in [-0.2, -0.15) is 0 Å². The van der Waals surface area contributed by atoms with E-state index in [-0.39, 0.29) is 0 Å². The Morgan fingerprint density at radius 1 is 1.24 bits per heavy atom. The average molecular weight is 354 g/mol. The fourth-order valence-electron chi connectivity index (χ4n) is 1.96. The molecule has 0 radical (unpaired) electrons. The van der Waals surface area contributed by atoms with Crippen LogP contribution in [0.25, 0.3) is 10.9 Å². The van der Waals surface area contributed by atoms with Crippen molar-refractivity contribution in [3.05, 3.63) is 34.4 Å². The van der Waals surface area contributed by atoms with E-state index >= 15 is 0 Å². The zero-order chi connectivity index (χ0) is 15.8. The number of rotatable bonds is 1. The first-order chi connectivity index (χ1) is 9.73. The van der Waals surface area contributed by atoms with E-state index in [1.165, 1.54) is 11.7 Å². The number of carbonyl (C=O) groups excluding carboxylic acids is 2. The van der Waals surface area contributed by atoms with Gasteiger partial charge >= 0.3 is 12.1 Å². The van der Waals surface area contributed by atoms with Gasteiger partial charge < -0.3 is 9.47 Å². The summed E-state index contributed by atoms with van der Waals surface area (Å²) in [5, 5.41) is 0.635. The van der Waals surface area contributed by atoms with Crippen molar-refractivity contribution >= 4 is 38.9 Å². The Bertz CT molecular complexity index is 712. The minimum Gasteiger partial charge on any atom is -0.465 e. The number of fused-ring (bicyclic) bond motifs is 1.